The molecule has 0 aliphatic heterocycles. The highest BCUT2D eigenvalue weighted by atomic mass is 16.2. The first-order valence-corrected chi connectivity index (χ1v) is 4.61. The van der Waals surface area contributed by atoms with E-state index in [1.165, 1.54) is 0 Å². The van der Waals surface area contributed by atoms with Crippen LogP contribution in [-0.4, -0.2) is 17.9 Å². The van der Waals surface area contributed by atoms with Crippen LogP contribution in [0.5, 0.6) is 0 Å². The summed E-state index contributed by atoms with van der Waals surface area (Å²) < 4.78 is 0. The Balaban J connectivity index is 4.26. The van der Waals surface area contributed by atoms with Crippen LogP contribution in [0.1, 0.15) is 33.6 Å². The van der Waals surface area contributed by atoms with E-state index >= 15 is 0 Å². The molecular formula is C9H18N2O2. The van der Waals surface area contributed by atoms with Crippen LogP contribution in [0.4, 0.5) is 0 Å². The Morgan fingerprint density at radius 3 is 2.23 bits per heavy atom. The molecule has 1 unspecified atom stereocenters. The fourth-order valence-electron chi connectivity index (χ4n) is 1.01. The molecular weight excluding hydrogens is 168 g/mol. The lowest BCUT2D eigenvalue weighted by molar-refractivity contribution is -0.128. The minimum Gasteiger partial charge on any atom is -0.368 e. The molecule has 0 saturated carbocycles. The third-order valence-corrected chi connectivity index (χ3v) is 2.16. The molecule has 13 heavy (non-hydrogen) atoms. The quantitative estimate of drug-likeness (QED) is 0.652. The molecule has 0 heterocycles. The van der Waals surface area contributed by atoms with Crippen molar-refractivity contribution < 1.29 is 9.59 Å². The smallest absolute Gasteiger partial charge is 0.240 e. The zero-order chi connectivity index (χ0) is 10.4. The van der Waals surface area contributed by atoms with E-state index < -0.39 is 11.9 Å². The highest BCUT2D eigenvalue weighted by molar-refractivity contribution is 5.86. The van der Waals surface area contributed by atoms with E-state index in [9.17, 15) is 9.59 Å². The van der Waals surface area contributed by atoms with Gasteiger partial charge in [-0.25, -0.2) is 0 Å². The van der Waals surface area contributed by atoms with Crippen LogP contribution < -0.4 is 11.1 Å². The van der Waals surface area contributed by atoms with Gasteiger partial charge in [-0.3, -0.25) is 9.59 Å². The third-order valence-electron chi connectivity index (χ3n) is 2.16. The van der Waals surface area contributed by atoms with Gasteiger partial charge in [-0.15, -0.1) is 0 Å². The lowest BCUT2D eigenvalue weighted by atomic mass is 9.98. The number of rotatable bonds is 5. The third kappa shape index (κ3) is 3.92. The second kappa shape index (κ2) is 5.56. The fraction of sp³-hybridized carbons (Fsp3) is 0.778. The molecule has 2 amide bonds. The Labute approximate surface area is 78.9 Å². The summed E-state index contributed by atoms with van der Waals surface area (Å²) in [5.74, 6) is -0.506. The molecule has 4 nitrogen and oxygen atoms in total. The number of carbonyl (C=O) groups excluding carboxylic acids is 2. The summed E-state index contributed by atoms with van der Waals surface area (Å²) >= 11 is 0. The Morgan fingerprint density at radius 2 is 1.92 bits per heavy atom. The van der Waals surface area contributed by atoms with Gasteiger partial charge in [0.15, 0.2) is 0 Å². The van der Waals surface area contributed by atoms with Crippen molar-refractivity contribution in [1.82, 2.24) is 5.32 Å². The van der Waals surface area contributed by atoms with Gasteiger partial charge in [0.2, 0.25) is 11.8 Å². The van der Waals surface area contributed by atoms with Crippen molar-refractivity contribution >= 4 is 11.8 Å². The normalized spacial score (nSPS) is 14.7. The van der Waals surface area contributed by atoms with Crippen molar-refractivity contribution in [1.29, 1.82) is 0 Å². The number of hydrogen-bond acceptors (Lipinski definition) is 2. The van der Waals surface area contributed by atoms with E-state index in [4.69, 9.17) is 5.73 Å². The lowest BCUT2D eigenvalue weighted by Crippen LogP contribution is -2.48. The summed E-state index contributed by atoms with van der Waals surface area (Å²) in [7, 11) is 0. The highest BCUT2D eigenvalue weighted by Crippen LogP contribution is 2.07. The predicted molar refractivity (Wildman–Crippen MR) is 50.9 cm³/mol. The summed E-state index contributed by atoms with van der Waals surface area (Å²) in [4.78, 5) is 22.0. The first-order chi connectivity index (χ1) is 6.02. The molecule has 0 radical (unpaired) electrons. The molecule has 0 saturated heterocycles. The van der Waals surface area contributed by atoms with E-state index in [1.807, 2.05) is 13.8 Å². The van der Waals surface area contributed by atoms with Gasteiger partial charge in [-0.2, -0.15) is 0 Å². The Kier molecular flexibility index (Phi) is 5.11. The molecule has 76 valence electrons. The van der Waals surface area contributed by atoms with E-state index in [2.05, 4.69) is 5.32 Å². The van der Waals surface area contributed by atoms with Crippen molar-refractivity contribution in [3.8, 4) is 0 Å². The van der Waals surface area contributed by atoms with Crippen LogP contribution >= 0.6 is 0 Å². The van der Waals surface area contributed by atoms with Crippen molar-refractivity contribution in [2.75, 3.05) is 0 Å². The second-order valence-electron chi connectivity index (χ2n) is 3.19. The monoisotopic (exact) mass is 186 g/mol. The van der Waals surface area contributed by atoms with Gasteiger partial charge in [0.25, 0.3) is 0 Å². The average molecular weight is 186 g/mol. The standard InChI is InChI=1S/C9H18N2O2/c1-4-6(3)8(9(10)13)11-7(12)5-2/h6,8H,4-5H2,1-3H3,(H2,10,13)(H,11,12)/t6?,8-/m0/s1. The van der Waals surface area contributed by atoms with E-state index in [1.54, 1.807) is 6.92 Å². The maximum absolute atomic E-state index is 11.0. The number of primary amides is 1. The van der Waals surface area contributed by atoms with E-state index in [-0.39, 0.29) is 11.8 Å². The average Bonchev–Trinajstić information content (AvgIpc) is 2.11. The SMILES string of the molecule is CCC(=O)N[C@H](C(N)=O)C(C)CC. The van der Waals surface area contributed by atoms with Crippen LogP contribution in [-0.2, 0) is 9.59 Å². The first kappa shape index (κ1) is 11.9. The minimum absolute atomic E-state index is 0.0907. The van der Waals surface area contributed by atoms with Crippen molar-refractivity contribution in [3.63, 3.8) is 0 Å². The van der Waals surface area contributed by atoms with Gasteiger partial charge >= 0.3 is 0 Å². The van der Waals surface area contributed by atoms with Crippen molar-refractivity contribution in [2.45, 2.75) is 39.7 Å². The summed E-state index contributed by atoms with van der Waals surface area (Å²) in [6.07, 6.45) is 1.19. The zero-order valence-corrected chi connectivity index (χ0v) is 8.46. The molecule has 4 heteroatoms. The number of amides is 2. The van der Waals surface area contributed by atoms with Crippen LogP contribution in [0.3, 0.4) is 0 Å². The molecule has 0 aromatic heterocycles. The second-order valence-corrected chi connectivity index (χ2v) is 3.19. The zero-order valence-electron chi connectivity index (χ0n) is 8.46. The Hall–Kier alpha value is -1.06. The van der Waals surface area contributed by atoms with Gasteiger partial charge in [0, 0.05) is 6.42 Å². The maximum Gasteiger partial charge on any atom is 0.240 e. The first-order valence-electron chi connectivity index (χ1n) is 4.61. The number of carbonyl (C=O) groups is 2. The Morgan fingerprint density at radius 1 is 1.38 bits per heavy atom. The summed E-state index contributed by atoms with van der Waals surface area (Å²) in [6, 6.07) is -0.530. The molecule has 2 atom stereocenters. The highest BCUT2D eigenvalue weighted by Gasteiger charge is 2.22. The molecule has 0 aromatic rings. The van der Waals surface area contributed by atoms with Gasteiger partial charge in [0.1, 0.15) is 6.04 Å². The Bertz CT molecular complexity index is 192. The molecule has 0 aliphatic carbocycles. The summed E-state index contributed by atoms with van der Waals surface area (Å²) in [6.45, 7) is 5.59. The molecule has 0 bridgehead atoms. The molecule has 0 spiro atoms. The number of hydrogen-bond donors (Lipinski definition) is 2. The van der Waals surface area contributed by atoms with Crippen LogP contribution in [0, 0.1) is 5.92 Å². The maximum atomic E-state index is 11.0. The van der Waals surface area contributed by atoms with Crippen LogP contribution in [0.2, 0.25) is 0 Å². The van der Waals surface area contributed by atoms with Crippen LogP contribution in [0.15, 0.2) is 0 Å². The molecule has 0 aromatic carbocycles. The fourth-order valence-corrected chi connectivity index (χ4v) is 1.01. The van der Waals surface area contributed by atoms with Gasteiger partial charge < -0.3 is 11.1 Å². The number of nitrogens with two attached hydrogens (primary N) is 1. The topological polar surface area (TPSA) is 72.2 Å². The molecule has 3 N–H and O–H groups in total. The van der Waals surface area contributed by atoms with Gasteiger partial charge in [-0.05, 0) is 5.92 Å². The largest absolute Gasteiger partial charge is 0.368 e. The summed E-state index contributed by atoms with van der Waals surface area (Å²) in [5.41, 5.74) is 5.16. The van der Waals surface area contributed by atoms with Gasteiger partial charge in [-0.1, -0.05) is 27.2 Å². The van der Waals surface area contributed by atoms with Crippen molar-refractivity contribution in [3.05, 3.63) is 0 Å². The molecule has 0 aliphatic rings. The minimum atomic E-state index is -0.530. The summed E-state index contributed by atoms with van der Waals surface area (Å²) in [5, 5.41) is 2.60. The molecule has 0 fully saturated rings. The van der Waals surface area contributed by atoms with E-state index in [0.717, 1.165) is 6.42 Å². The van der Waals surface area contributed by atoms with Crippen LogP contribution in [0.25, 0.3) is 0 Å². The van der Waals surface area contributed by atoms with Crippen molar-refractivity contribution in [2.24, 2.45) is 11.7 Å². The van der Waals surface area contributed by atoms with E-state index in [0.29, 0.717) is 6.42 Å². The lowest BCUT2D eigenvalue weighted by Gasteiger charge is -2.20. The van der Waals surface area contributed by atoms with Gasteiger partial charge in [0.05, 0.1) is 0 Å². The predicted octanol–water partition coefficient (Wildman–Crippen LogP) is 0.413. The number of nitrogens with one attached hydrogen (secondary N) is 1. The molecule has 0 rings (SSSR count).